The number of carbonyl (C=O) groups excluding carboxylic acids is 1. The lowest BCUT2D eigenvalue weighted by Crippen LogP contribution is -2.14. The summed E-state index contributed by atoms with van der Waals surface area (Å²) < 4.78 is 19.8. The van der Waals surface area contributed by atoms with E-state index in [4.69, 9.17) is 14.2 Å². The third-order valence-corrected chi connectivity index (χ3v) is 1.81. The van der Waals surface area contributed by atoms with Crippen molar-refractivity contribution < 1.29 is 23.7 Å². The normalized spacial score (nSPS) is 20.6. The van der Waals surface area contributed by atoms with Crippen LogP contribution in [-0.2, 0) is 18.9 Å². The molecular weight excluding hydrogens is 188 g/mol. The van der Waals surface area contributed by atoms with E-state index in [1.165, 1.54) is 0 Å². The average molecular weight is 204 g/mol. The molecule has 0 aromatic carbocycles. The standard InChI is InChI=1S/C9H16O5/c1-2-11-5-6-12-4-3-8-7-13-9(10)14-8/h8H,2-7H2,1H3. The Morgan fingerprint density at radius 2 is 2.14 bits per heavy atom. The fourth-order valence-corrected chi connectivity index (χ4v) is 1.09. The van der Waals surface area contributed by atoms with Gasteiger partial charge in [-0.05, 0) is 6.92 Å². The van der Waals surface area contributed by atoms with Crippen molar-refractivity contribution in [2.24, 2.45) is 0 Å². The van der Waals surface area contributed by atoms with Gasteiger partial charge in [-0.25, -0.2) is 4.79 Å². The zero-order chi connectivity index (χ0) is 10.2. The summed E-state index contributed by atoms with van der Waals surface area (Å²) in [6, 6.07) is 0. The van der Waals surface area contributed by atoms with E-state index in [0.717, 1.165) is 0 Å². The van der Waals surface area contributed by atoms with Gasteiger partial charge < -0.3 is 18.9 Å². The molecule has 0 amide bonds. The monoisotopic (exact) mass is 204 g/mol. The fraction of sp³-hybridized carbons (Fsp3) is 0.889. The molecule has 0 aliphatic carbocycles. The Bertz CT molecular complexity index is 171. The average Bonchev–Trinajstić information content (AvgIpc) is 2.58. The maximum Gasteiger partial charge on any atom is 0.508 e. The minimum Gasteiger partial charge on any atom is -0.430 e. The third-order valence-electron chi connectivity index (χ3n) is 1.81. The second kappa shape index (κ2) is 6.62. The van der Waals surface area contributed by atoms with Crippen LogP contribution in [0.1, 0.15) is 13.3 Å². The highest BCUT2D eigenvalue weighted by atomic mass is 16.8. The van der Waals surface area contributed by atoms with Gasteiger partial charge in [0.15, 0.2) is 0 Å². The highest BCUT2D eigenvalue weighted by Crippen LogP contribution is 2.09. The molecule has 1 aliphatic heterocycles. The Balaban J connectivity index is 1.86. The minimum atomic E-state index is -0.579. The maximum atomic E-state index is 10.5. The van der Waals surface area contributed by atoms with E-state index in [9.17, 15) is 4.79 Å². The molecule has 5 nitrogen and oxygen atoms in total. The maximum absolute atomic E-state index is 10.5. The summed E-state index contributed by atoms with van der Waals surface area (Å²) in [5.74, 6) is 0. The molecule has 0 radical (unpaired) electrons. The smallest absolute Gasteiger partial charge is 0.430 e. The topological polar surface area (TPSA) is 54.0 Å². The van der Waals surface area contributed by atoms with Gasteiger partial charge in [-0.1, -0.05) is 0 Å². The van der Waals surface area contributed by atoms with Crippen molar-refractivity contribution in [1.82, 2.24) is 0 Å². The van der Waals surface area contributed by atoms with Crippen LogP contribution in [0.4, 0.5) is 4.79 Å². The van der Waals surface area contributed by atoms with Gasteiger partial charge in [0.2, 0.25) is 0 Å². The van der Waals surface area contributed by atoms with Gasteiger partial charge in [0.05, 0.1) is 19.8 Å². The molecule has 0 aromatic rings. The molecule has 0 spiro atoms. The second-order valence-corrected chi connectivity index (χ2v) is 2.90. The second-order valence-electron chi connectivity index (χ2n) is 2.90. The molecule has 1 saturated heterocycles. The first-order valence-electron chi connectivity index (χ1n) is 4.82. The Labute approximate surface area is 83.3 Å². The Morgan fingerprint density at radius 3 is 2.79 bits per heavy atom. The van der Waals surface area contributed by atoms with E-state index in [0.29, 0.717) is 39.5 Å². The molecule has 1 heterocycles. The van der Waals surface area contributed by atoms with Gasteiger partial charge in [0.1, 0.15) is 12.7 Å². The first-order chi connectivity index (χ1) is 6.83. The van der Waals surface area contributed by atoms with Crippen molar-refractivity contribution in [2.75, 3.05) is 33.0 Å². The summed E-state index contributed by atoms with van der Waals surface area (Å²) in [7, 11) is 0. The molecular formula is C9H16O5. The molecule has 0 N–H and O–H groups in total. The number of hydrogen-bond donors (Lipinski definition) is 0. The van der Waals surface area contributed by atoms with Crippen LogP contribution in [0.25, 0.3) is 0 Å². The molecule has 1 unspecified atom stereocenters. The molecule has 14 heavy (non-hydrogen) atoms. The summed E-state index contributed by atoms with van der Waals surface area (Å²) in [6.07, 6.45) is -0.0448. The van der Waals surface area contributed by atoms with Crippen LogP contribution in [-0.4, -0.2) is 45.3 Å². The third kappa shape index (κ3) is 4.43. The zero-order valence-corrected chi connectivity index (χ0v) is 8.36. The molecule has 1 rings (SSSR count). The van der Waals surface area contributed by atoms with Crippen LogP contribution in [0.5, 0.6) is 0 Å². The molecule has 0 saturated carbocycles. The summed E-state index contributed by atoms with van der Waals surface area (Å²) >= 11 is 0. The lowest BCUT2D eigenvalue weighted by Gasteiger charge is -2.06. The Kier molecular flexibility index (Phi) is 5.32. The van der Waals surface area contributed by atoms with E-state index >= 15 is 0 Å². The Hall–Kier alpha value is -0.810. The zero-order valence-electron chi connectivity index (χ0n) is 8.36. The molecule has 1 fully saturated rings. The van der Waals surface area contributed by atoms with Crippen LogP contribution in [0.15, 0.2) is 0 Å². The van der Waals surface area contributed by atoms with Crippen molar-refractivity contribution in [2.45, 2.75) is 19.4 Å². The van der Waals surface area contributed by atoms with E-state index in [1.807, 2.05) is 6.92 Å². The van der Waals surface area contributed by atoms with E-state index in [1.54, 1.807) is 0 Å². The first-order valence-corrected chi connectivity index (χ1v) is 4.82. The largest absolute Gasteiger partial charge is 0.508 e. The number of carbonyl (C=O) groups is 1. The fourth-order valence-electron chi connectivity index (χ4n) is 1.09. The van der Waals surface area contributed by atoms with Gasteiger partial charge in [-0.2, -0.15) is 0 Å². The van der Waals surface area contributed by atoms with Gasteiger partial charge in [0, 0.05) is 13.0 Å². The highest BCUT2D eigenvalue weighted by Gasteiger charge is 2.24. The van der Waals surface area contributed by atoms with Crippen molar-refractivity contribution in [3.8, 4) is 0 Å². The lowest BCUT2D eigenvalue weighted by molar-refractivity contribution is 0.0386. The summed E-state index contributed by atoms with van der Waals surface area (Å²) in [5, 5.41) is 0. The minimum absolute atomic E-state index is 0.144. The van der Waals surface area contributed by atoms with Gasteiger partial charge in [-0.3, -0.25) is 0 Å². The van der Waals surface area contributed by atoms with Gasteiger partial charge >= 0.3 is 6.16 Å². The van der Waals surface area contributed by atoms with E-state index in [2.05, 4.69) is 4.74 Å². The lowest BCUT2D eigenvalue weighted by atomic mass is 10.3. The van der Waals surface area contributed by atoms with Crippen molar-refractivity contribution in [3.05, 3.63) is 0 Å². The molecule has 1 atom stereocenters. The quantitative estimate of drug-likeness (QED) is 0.456. The predicted octanol–water partition coefficient (Wildman–Crippen LogP) is 0.965. The van der Waals surface area contributed by atoms with Crippen molar-refractivity contribution >= 4 is 6.16 Å². The number of ether oxygens (including phenoxy) is 4. The SMILES string of the molecule is CCOCCOCCC1COC(=O)O1. The molecule has 5 heteroatoms. The van der Waals surface area contributed by atoms with Gasteiger partial charge in [0.25, 0.3) is 0 Å². The first kappa shape index (κ1) is 11.3. The summed E-state index contributed by atoms with van der Waals surface area (Å²) in [5.41, 5.74) is 0. The van der Waals surface area contributed by atoms with Crippen molar-refractivity contribution in [3.63, 3.8) is 0 Å². The van der Waals surface area contributed by atoms with E-state index < -0.39 is 6.16 Å². The number of rotatable bonds is 7. The predicted molar refractivity (Wildman–Crippen MR) is 48.2 cm³/mol. The van der Waals surface area contributed by atoms with Crippen molar-refractivity contribution in [1.29, 1.82) is 0 Å². The summed E-state index contributed by atoms with van der Waals surface area (Å²) in [4.78, 5) is 10.5. The van der Waals surface area contributed by atoms with Crippen LogP contribution in [0, 0.1) is 0 Å². The molecule has 82 valence electrons. The van der Waals surface area contributed by atoms with E-state index in [-0.39, 0.29) is 6.10 Å². The van der Waals surface area contributed by atoms with Crippen LogP contribution in [0.3, 0.4) is 0 Å². The van der Waals surface area contributed by atoms with Crippen LogP contribution in [0.2, 0.25) is 0 Å². The molecule has 0 bridgehead atoms. The van der Waals surface area contributed by atoms with Crippen LogP contribution >= 0.6 is 0 Å². The van der Waals surface area contributed by atoms with Crippen LogP contribution < -0.4 is 0 Å². The molecule has 1 aliphatic rings. The highest BCUT2D eigenvalue weighted by molar-refractivity contribution is 5.61. The summed E-state index contributed by atoms with van der Waals surface area (Å²) in [6.45, 7) is 4.74. The van der Waals surface area contributed by atoms with Gasteiger partial charge in [-0.15, -0.1) is 0 Å². The molecule has 0 aromatic heterocycles. The number of cyclic esters (lactones) is 2. The number of hydrogen-bond acceptors (Lipinski definition) is 5. The Morgan fingerprint density at radius 1 is 1.36 bits per heavy atom.